The SMILES string of the molecule is CC(C)NC1CCC(NC2CCCCC2)CC1. The van der Waals surface area contributed by atoms with E-state index in [1.165, 1.54) is 57.8 Å². The number of rotatable bonds is 4. The van der Waals surface area contributed by atoms with Crippen LogP contribution in [0.2, 0.25) is 0 Å². The van der Waals surface area contributed by atoms with E-state index in [4.69, 9.17) is 0 Å². The summed E-state index contributed by atoms with van der Waals surface area (Å²) in [5, 5.41) is 7.58. The molecule has 100 valence electrons. The lowest BCUT2D eigenvalue weighted by Gasteiger charge is -2.34. The first-order chi connectivity index (χ1) is 8.24. The summed E-state index contributed by atoms with van der Waals surface area (Å²) in [6, 6.07) is 3.06. The van der Waals surface area contributed by atoms with Gasteiger partial charge in [-0.1, -0.05) is 33.1 Å². The Morgan fingerprint density at radius 3 is 1.82 bits per heavy atom. The first-order valence-corrected chi connectivity index (χ1v) is 7.76. The molecule has 2 nitrogen and oxygen atoms in total. The topological polar surface area (TPSA) is 24.1 Å². The first-order valence-electron chi connectivity index (χ1n) is 7.76. The van der Waals surface area contributed by atoms with E-state index in [0.717, 1.165) is 18.1 Å². The number of nitrogens with one attached hydrogen (secondary N) is 2. The van der Waals surface area contributed by atoms with E-state index in [0.29, 0.717) is 6.04 Å². The van der Waals surface area contributed by atoms with Crippen LogP contribution in [0.4, 0.5) is 0 Å². The zero-order valence-electron chi connectivity index (χ0n) is 11.7. The van der Waals surface area contributed by atoms with Crippen LogP contribution in [0.3, 0.4) is 0 Å². The van der Waals surface area contributed by atoms with Crippen molar-refractivity contribution in [2.45, 2.75) is 95.8 Å². The van der Waals surface area contributed by atoms with E-state index in [1.54, 1.807) is 0 Å². The van der Waals surface area contributed by atoms with Gasteiger partial charge in [-0.2, -0.15) is 0 Å². The summed E-state index contributed by atoms with van der Waals surface area (Å²) in [4.78, 5) is 0. The molecule has 0 spiro atoms. The molecule has 0 aromatic rings. The van der Waals surface area contributed by atoms with E-state index < -0.39 is 0 Å². The lowest BCUT2D eigenvalue weighted by Crippen LogP contribution is -2.45. The molecule has 0 aliphatic heterocycles. The minimum Gasteiger partial charge on any atom is -0.312 e. The Kier molecular flexibility index (Phi) is 5.30. The van der Waals surface area contributed by atoms with Crippen LogP contribution in [0.1, 0.15) is 71.6 Å². The van der Waals surface area contributed by atoms with Crippen LogP contribution in [-0.2, 0) is 0 Å². The molecule has 0 aromatic heterocycles. The van der Waals surface area contributed by atoms with Gasteiger partial charge in [0, 0.05) is 24.2 Å². The van der Waals surface area contributed by atoms with E-state index in [-0.39, 0.29) is 0 Å². The van der Waals surface area contributed by atoms with Crippen molar-refractivity contribution >= 4 is 0 Å². The maximum Gasteiger partial charge on any atom is 0.00708 e. The lowest BCUT2D eigenvalue weighted by molar-refractivity contribution is 0.257. The molecule has 2 aliphatic carbocycles. The van der Waals surface area contributed by atoms with Crippen LogP contribution in [0, 0.1) is 0 Å². The summed E-state index contributed by atoms with van der Waals surface area (Å²) in [6.07, 6.45) is 12.7. The second-order valence-electron chi connectivity index (χ2n) is 6.37. The average molecular weight is 238 g/mol. The minimum atomic E-state index is 0.642. The molecule has 0 atom stereocenters. The highest BCUT2D eigenvalue weighted by molar-refractivity contribution is 4.84. The molecule has 2 fully saturated rings. The second kappa shape index (κ2) is 6.75. The molecule has 0 radical (unpaired) electrons. The highest BCUT2D eigenvalue weighted by atomic mass is 15.0. The minimum absolute atomic E-state index is 0.642. The Morgan fingerprint density at radius 1 is 0.706 bits per heavy atom. The van der Waals surface area contributed by atoms with Crippen LogP contribution < -0.4 is 10.6 Å². The third-order valence-electron chi connectivity index (χ3n) is 4.37. The van der Waals surface area contributed by atoms with Gasteiger partial charge in [0.05, 0.1) is 0 Å². The smallest absolute Gasteiger partial charge is 0.00708 e. The molecule has 0 unspecified atom stereocenters. The van der Waals surface area contributed by atoms with Gasteiger partial charge in [-0.25, -0.2) is 0 Å². The van der Waals surface area contributed by atoms with E-state index >= 15 is 0 Å². The molecule has 2 heteroatoms. The van der Waals surface area contributed by atoms with E-state index in [2.05, 4.69) is 24.5 Å². The Morgan fingerprint density at radius 2 is 1.24 bits per heavy atom. The average Bonchev–Trinajstić information content (AvgIpc) is 2.32. The molecule has 2 aliphatic rings. The zero-order chi connectivity index (χ0) is 12.1. The van der Waals surface area contributed by atoms with Crippen LogP contribution in [0.5, 0.6) is 0 Å². The molecular weight excluding hydrogens is 208 g/mol. The van der Waals surface area contributed by atoms with Crippen LogP contribution in [-0.4, -0.2) is 24.2 Å². The van der Waals surface area contributed by atoms with Crippen molar-refractivity contribution in [3.63, 3.8) is 0 Å². The summed E-state index contributed by atoms with van der Waals surface area (Å²) in [7, 11) is 0. The van der Waals surface area contributed by atoms with Crippen molar-refractivity contribution in [2.75, 3.05) is 0 Å². The third kappa shape index (κ3) is 4.59. The Balaban J connectivity index is 1.64. The summed E-state index contributed by atoms with van der Waals surface area (Å²) in [5.41, 5.74) is 0. The zero-order valence-corrected chi connectivity index (χ0v) is 11.7. The van der Waals surface area contributed by atoms with Gasteiger partial charge in [-0.15, -0.1) is 0 Å². The molecule has 2 saturated carbocycles. The predicted molar refractivity (Wildman–Crippen MR) is 74.3 cm³/mol. The fraction of sp³-hybridized carbons (Fsp3) is 1.00. The fourth-order valence-electron chi connectivity index (χ4n) is 3.50. The van der Waals surface area contributed by atoms with Crippen molar-refractivity contribution < 1.29 is 0 Å². The molecule has 0 bridgehead atoms. The lowest BCUT2D eigenvalue weighted by atomic mass is 9.88. The van der Waals surface area contributed by atoms with Gasteiger partial charge < -0.3 is 10.6 Å². The maximum absolute atomic E-state index is 3.90. The number of hydrogen-bond acceptors (Lipinski definition) is 2. The predicted octanol–water partition coefficient (Wildman–Crippen LogP) is 3.22. The van der Waals surface area contributed by atoms with Gasteiger partial charge in [0.25, 0.3) is 0 Å². The molecule has 2 rings (SSSR count). The molecule has 0 amide bonds. The first kappa shape index (κ1) is 13.4. The van der Waals surface area contributed by atoms with Gasteiger partial charge >= 0.3 is 0 Å². The molecule has 0 heterocycles. The highest BCUT2D eigenvalue weighted by Gasteiger charge is 2.23. The summed E-state index contributed by atoms with van der Waals surface area (Å²) >= 11 is 0. The molecular formula is C15H30N2. The van der Waals surface area contributed by atoms with Gasteiger partial charge in [-0.3, -0.25) is 0 Å². The van der Waals surface area contributed by atoms with Crippen LogP contribution in [0.15, 0.2) is 0 Å². The Bertz CT molecular complexity index is 201. The molecule has 0 aromatic carbocycles. The van der Waals surface area contributed by atoms with Gasteiger partial charge in [0.1, 0.15) is 0 Å². The van der Waals surface area contributed by atoms with Crippen molar-refractivity contribution in [2.24, 2.45) is 0 Å². The maximum atomic E-state index is 3.90. The third-order valence-corrected chi connectivity index (χ3v) is 4.37. The molecule has 0 saturated heterocycles. The van der Waals surface area contributed by atoms with Crippen molar-refractivity contribution in [3.05, 3.63) is 0 Å². The molecule has 2 N–H and O–H groups in total. The molecule has 17 heavy (non-hydrogen) atoms. The summed E-state index contributed by atoms with van der Waals surface area (Å²) < 4.78 is 0. The van der Waals surface area contributed by atoms with Gasteiger partial charge in [-0.05, 0) is 38.5 Å². The normalized spacial score (nSPS) is 31.9. The summed E-state index contributed by atoms with van der Waals surface area (Å²) in [5.74, 6) is 0. The fourth-order valence-corrected chi connectivity index (χ4v) is 3.50. The van der Waals surface area contributed by atoms with Crippen molar-refractivity contribution in [1.82, 2.24) is 10.6 Å². The van der Waals surface area contributed by atoms with Crippen molar-refractivity contribution in [1.29, 1.82) is 0 Å². The Hall–Kier alpha value is -0.0800. The summed E-state index contributed by atoms with van der Waals surface area (Å²) in [6.45, 7) is 4.51. The monoisotopic (exact) mass is 238 g/mol. The largest absolute Gasteiger partial charge is 0.312 e. The highest BCUT2D eigenvalue weighted by Crippen LogP contribution is 2.23. The van der Waals surface area contributed by atoms with Gasteiger partial charge in [0.15, 0.2) is 0 Å². The quantitative estimate of drug-likeness (QED) is 0.786. The van der Waals surface area contributed by atoms with Crippen LogP contribution in [0.25, 0.3) is 0 Å². The second-order valence-corrected chi connectivity index (χ2v) is 6.37. The standard InChI is InChI=1S/C15H30N2/c1-12(2)16-14-8-10-15(11-9-14)17-13-6-4-3-5-7-13/h12-17H,3-11H2,1-2H3. The van der Waals surface area contributed by atoms with Crippen LogP contribution >= 0.6 is 0 Å². The number of hydrogen-bond donors (Lipinski definition) is 2. The van der Waals surface area contributed by atoms with E-state index in [1.807, 2.05) is 0 Å². The van der Waals surface area contributed by atoms with E-state index in [9.17, 15) is 0 Å². The van der Waals surface area contributed by atoms with Gasteiger partial charge in [0.2, 0.25) is 0 Å². The Labute approximate surface area is 107 Å². The van der Waals surface area contributed by atoms with Crippen molar-refractivity contribution in [3.8, 4) is 0 Å².